The Labute approximate surface area is 111 Å². The molecule has 0 aromatic carbocycles. The molecule has 1 amide bonds. The molecule has 0 aliphatic carbocycles. The van der Waals surface area contributed by atoms with Crippen molar-refractivity contribution in [1.82, 2.24) is 9.88 Å². The van der Waals surface area contributed by atoms with E-state index in [4.69, 9.17) is 17.3 Å². The van der Waals surface area contributed by atoms with Gasteiger partial charge in [0.1, 0.15) is 5.15 Å². The van der Waals surface area contributed by atoms with E-state index >= 15 is 0 Å². The van der Waals surface area contributed by atoms with E-state index in [1.54, 1.807) is 29.8 Å². The molecule has 1 aromatic rings. The van der Waals surface area contributed by atoms with Crippen molar-refractivity contribution < 1.29 is 4.79 Å². The van der Waals surface area contributed by atoms with Crippen LogP contribution in [0.25, 0.3) is 0 Å². The standard InChI is InChI=1S/C11H16ClN3OS/c1-7(6-17-3)15(2)11(16)9-4-8(13)5-14-10(9)12/h4-5,7H,6,13H2,1-3H3. The van der Waals surface area contributed by atoms with Crippen LogP contribution in [-0.2, 0) is 0 Å². The summed E-state index contributed by atoms with van der Waals surface area (Å²) < 4.78 is 0. The third-order valence-electron chi connectivity index (χ3n) is 2.48. The minimum absolute atomic E-state index is 0.134. The summed E-state index contributed by atoms with van der Waals surface area (Å²) in [6.45, 7) is 1.99. The molecule has 2 N–H and O–H groups in total. The maximum absolute atomic E-state index is 12.2. The molecule has 0 aliphatic rings. The molecule has 1 rings (SSSR count). The monoisotopic (exact) mass is 273 g/mol. The van der Waals surface area contributed by atoms with Crippen LogP contribution in [0.2, 0.25) is 5.15 Å². The Morgan fingerprint density at radius 1 is 1.71 bits per heavy atom. The summed E-state index contributed by atoms with van der Waals surface area (Å²) >= 11 is 7.59. The number of pyridine rings is 1. The SMILES string of the molecule is CSCC(C)N(C)C(=O)c1cc(N)cnc1Cl. The zero-order valence-electron chi connectivity index (χ0n) is 10.1. The van der Waals surface area contributed by atoms with Crippen molar-refractivity contribution in [2.24, 2.45) is 0 Å². The van der Waals surface area contributed by atoms with Gasteiger partial charge in [0.2, 0.25) is 0 Å². The number of hydrogen-bond acceptors (Lipinski definition) is 4. The minimum Gasteiger partial charge on any atom is -0.397 e. The Morgan fingerprint density at radius 3 is 2.94 bits per heavy atom. The second-order valence-electron chi connectivity index (χ2n) is 3.83. The number of carbonyl (C=O) groups excluding carboxylic acids is 1. The predicted molar refractivity (Wildman–Crippen MR) is 73.6 cm³/mol. The summed E-state index contributed by atoms with van der Waals surface area (Å²) in [4.78, 5) is 17.7. The molecule has 0 saturated carbocycles. The Balaban J connectivity index is 2.92. The van der Waals surface area contributed by atoms with Gasteiger partial charge < -0.3 is 10.6 Å². The first-order valence-electron chi connectivity index (χ1n) is 5.14. The molecule has 0 saturated heterocycles. The molecule has 0 spiro atoms. The van der Waals surface area contributed by atoms with Gasteiger partial charge in [-0.05, 0) is 19.2 Å². The number of nitrogen functional groups attached to an aromatic ring is 1. The molecule has 94 valence electrons. The zero-order chi connectivity index (χ0) is 13.0. The minimum atomic E-state index is -0.156. The Morgan fingerprint density at radius 2 is 2.35 bits per heavy atom. The molecule has 0 bridgehead atoms. The highest BCUT2D eigenvalue weighted by atomic mass is 35.5. The number of amides is 1. The normalized spacial score (nSPS) is 12.2. The van der Waals surface area contributed by atoms with Crippen LogP contribution in [0.5, 0.6) is 0 Å². The number of anilines is 1. The van der Waals surface area contributed by atoms with Gasteiger partial charge in [0.15, 0.2) is 0 Å². The van der Waals surface area contributed by atoms with Crippen LogP contribution in [0.1, 0.15) is 17.3 Å². The van der Waals surface area contributed by atoms with Gasteiger partial charge in [-0.15, -0.1) is 0 Å². The average Bonchev–Trinajstić information content (AvgIpc) is 2.30. The lowest BCUT2D eigenvalue weighted by Gasteiger charge is -2.24. The first-order chi connectivity index (χ1) is 7.97. The first kappa shape index (κ1) is 14.1. The number of hydrogen-bond donors (Lipinski definition) is 1. The molecule has 6 heteroatoms. The largest absolute Gasteiger partial charge is 0.397 e. The van der Waals surface area contributed by atoms with E-state index in [-0.39, 0.29) is 17.1 Å². The summed E-state index contributed by atoms with van der Waals surface area (Å²) in [5.41, 5.74) is 6.39. The maximum atomic E-state index is 12.2. The van der Waals surface area contributed by atoms with E-state index in [1.165, 1.54) is 6.20 Å². The highest BCUT2D eigenvalue weighted by Gasteiger charge is 2.20. The Hall–Kier alpha value is -0.940. The second-order valence-corrected chi connectivity index (χ2v) is 5.10. The van der Waals surface area contributed by atoms with Crippen molar-refractivity contribution in [3.63, 3.8) is 0 Å². The molecule has 0 aliphatic heterocycles. The third-order valence-corrected chi connectivity index (χ3v) is 3.60. The highest BCUT2D eigenvalue weighted by molar-refractivity contribution is 7.98. The molecule has 1 unspecified atom stereocenters. The van der Waals surface area contributed by atoms with Crippen molar-refractivity contribution in [2.45, 2.75) is 13.0 Å². The fourth-order valence-electron chi connectivity index (χ4n) is 1.36. The van der Waals surface area contributed by atoms with Crippen LogP contribution in [-0.4, -0.2) is 40.9 Å². The van der Waals surface area contributed by atoms with Crippen LogP contribution in [0, 0.1) is 0 Å². The van der Waals surface area contributed by atoms with Crippen LogP contribution in [0.4, 0.5) is 5.69 Å². The van der Waals surface area contributed by atoms with E-state index in [9.17, 15) is 4.79 Å². The summed E-state index contributed by atoms with van der Waals surface area (Å²) in [7, 11) is 1.75. The van der Waals surface area contributed by atoms with Crippen molar-refractivity contribution >= 4 is 35.0 Å². The van der Waals surface area contributed by atoms with E-state index in [0.29, 0.717) is 11.3 Å². The highest BCUT2D eigenvalue weighted by Crippen LogP contribution is 2.18. The van der Waals surface area contributed by atoms with Gasteiger partial charge in [-0.2, -0.15) is 11.8 Å². The average molecular weight is 274 g/mol. The second kappa shape index (κ2) is 6.12. The van der Waals surface area contributed by atoms with Gasteiger partial charge in [-0.3, -0.25) is 4.79 Å². The maximum Gasteiger partial charge on any atom is 0.257 e. The van der Waals surface area contributed by atoms with Gasteiger partial charge in [-0.25, -0.2) is 4.98 Å². The molecule has 0 fully saturated rings. The molecule has 4 nitrogen and oxygen atoms in total. The van der Waals surface area contributed by atoms with Gasteiger partial charge in [0, 0.05) is 18.8 Å². The van der Waals surface area contributed by atoms with Gasteiger partial charge in [0.25, 0.3) is 5.91 Å². The molecular formula is C11H16ClN3OS. The summed E-state index contributed by atoms with van der Waals surface area (Å²) in [5.74, 6) is 0.714. The van der Waals surface area contributed by atoms with E-state index in [1.807, 2.05) is 13.2 Å². The van der Waals surface area contributed by atoms with Gasteiger partial charge >= 0.3 is 0 Å². The van der Waals surface area contributed by atoms with Crippen LogP contribution >= 0.6 is 23.4 Å². The van der Waals surface area contributed by atoms with Crippen molar-refractivity contribution in [2.75, 3.05) is 24.8 Å². The van der Waals surface area contributed by atoms with Gasteiger partial charge in [0.05, 0.1) is 17.4 Å². The number of aromatic nitrogens is 1. The quantitative estimate of drug-likeness (QED) is 0.854. The van der Waals surface area contributed by atoms with Crippen LogP contribution in [0.15, 0.2) is 12.3 Å². The van der Waals surface area contributed by atoms with Crippen LogP contribution in [0.3, 0.4) is 0 Å². The molecule has 1 atom stereocenters. The Bertz CT molecular complexity index is 414. The molecule has 1 heterocycles. The third kappa shape index (κ3) is 3.51. The van der Waals surface area contributed by atoms with Crippen LogP contribution < -0.4 is 5.73 Å². The summed E-state index contributed by atoms with van der Waals surface area (Å²) in [6.07, 6.45) is 3.44. The molecular weight excluding hydrogens is 258 g/mol. The lowest BCUT2D eigenvalue weighted by atomic mass is 10.2. The summed E-state index contributed by atoms with van der Waals surface area (Å²) in [5, 5.41) is 0.187. The van der Waals surface area contributed by atoms with Crippen molar-refractivity contribution in [3.8, 4) is 0 Å². The fourth-order valence-corrected chi connectivity index (χ4v) is 2.25. The molecule has 17 heavy (non-hydrogen) atoms. The topological polar surface area (TPSA) is 59.2 Å². The first-order valence-corrected chi connectivity index (χ1v) is 6.91. The van der Waals surface area contributed by atoms with Gasteiger partial charge in [-0.1, -0.05) is 11.6 Å². The zero-order valence-corrected chi connectivity index (χ0v) is 11.7. The van der Waals surface area contributed by atoms with E-state index in [2.05, 4.69) is 4.98 Å². The van der Waals surface area contributed by atoms with Crippen molar-refractivity contribution in [1.29, 1.82) is 0 Å². The fraction of sp³-hybridized carbons (Fsp3) is 0.455. The number of nitrogens with two attached hydrogens (primary N) is 1. The number of rotatable bonds is 4. The molecule has 0 radical (unpaired) electrons. The van der Waals surface area contributed by atoms with E-state index < -0.39 is 0 Å². The lowest BCUT2D eigenvalue weighted by molar-refractivity contribution is 0.0757. The summed E-state index contributed by atoms with van der Waals surface area (Å²) in [6, 6.07) is 1.69. The smallest absolute Gasteiger partial charge is 0.257 e. The number of halogens is 1. The lowest BCUT2D eigenvalue weighted by Crippen LogP contribution is -2.36. The van der Waals surface area contributed by atoms with Crippen molar-refractivity contribution in [3.05, 3.63) is 23.0 Å². The predicted octanol–water partition coefficient (Wildman–Crippen LogP) is 2.14. The Kier molecular flexibility index (Phi) is 5.08. The number of carbonyl (C=O) groups is 1. The number of nitrogens with zero attached hydrogens (tertiary/aromatic N) is 2. The number of thioether (sulfide) groups is 1. The molecule has 1 aromatic heterocycles. The van der Waals surface area contributed by atoms with E-state index in [0.717, 1.165) is 5.75 Å².